The monoisotopic (exact) mass is 433 g/mol. The number of esters is 1. The molecule has 0 aliphatic carbocycles. The van der Waals surface area contributed by atoms with Gasteiger partial charge in [-0.15, -0.1) is 0 Å². The van der Waals surface area contributed by atoms with E-state index in [1.165, 1.54) is 18.5 Å². The summed E-state index contributed by atoms with van der Waals surface area (Å²) in [6.45, 7) is 3.79. The minimum absolute atomic E-state index is 0.000661. The fourth-order valence-electron chi connectivity index (χ4n) is 2.48. The van der Waals surface area contributed by atoms with Crippen molar-refractivity contribution in [2.45, 2.75) is 20.3 Å². The van der Waals surface area contributed by atoms with Gasteiger partial charge in [0.15, 0.2) is 17.3 Å². The van der Waals surface area contributed by atoms with Crippen molar-refractivity contribution < 1.29 is 19.0 Å². The van der Waals surface area contributed by atoms with Crippen LogP contribution in [-0.2, 0) is 4.79 Å². The summed E-state index contributed by atoms with van der Waals surface area (Å²) in [6.07, 6.45) is 1.52. The van der Waals surface area contributed by atoms with Crippen LogP contribution >= 0.6 is 15.9 Å². The molecule has 6 nitrogen and oxygen atoms in total. The molecule has 0 bridgehead atoms. The number of carbonyl (C=O) groups is 1. The molecule has 0 aliphatic heterocycles. The Morgan fingerprint density at radius 1 is 1.33 bits per heavy atom. The lowest BCUT2D eigenvalue weighted by Crippen LogP contribution is -2.11. The third-order valence-electron chi connectivity index (χ3n) is 3.72. The molecule has 1 heterocycles. The molecule has 0 atom stereocenters. The van der Waals surface area contributed by atoms with Crippen molar-refractivity contribution in [2.75, 3.05) is 5.32 Å². The number of benzene rings is 2. The maximum atomic E-state index is 14.3. The standard InChI is InChI=1S/C19H17BrFN3O3/c1-10(2)6-17(26)27-16-7-11-14(8-15(16)25)22-9-23-19(11)24-13-5-3-4-12(20)18(13)21/h3-5,7-10,25H,6H2,1-2H3,(H,22,23,24). The lowest BCUT2D eigenvalue weighted by atomic mass is 10.1. The molecule has 8 heteroatoms. The van der Waals surface area contributed by atoms with Gasteiger partial charge in [-0.2, -0.15) is 0 Å². The number of ether oxygens (including phenoxy) is 1. The number of nitrogens with zero attached hydrogens (tertiary/aromatic N) is 2. The van der Waals surface area contributed by atoms with Crippen LogP contribution in [0.5, 0.6) is 11.5 Å². The molecule has 140 valence electrons. The fraction of sp³-hybridized carbons (Fsp3) is 0.211. The number of anilines is 2. The fourth-order valence-corrected chi connectivity index (χ4v) is 2.85. The van der Waals surface area contributed by atoms with Gasteiger partial charge in [-0.25, -0.2) is 14.4 Å². The second-order valence-electron chi connectivity index (χ2n) is 6.36. The average Bonchev–Trinajstić information content (AvgIpc) is 2.59. The predicted molar refractivity (Wildman–Crippen MR) is 104 cm³/mol. The van der Waals surface area contributed by atoms with E-state index in [-0.39, 0.29) is 29.5 Å². The Morgan fingerprint density at radius 3 is 2.85 bits per heavy atom. The van der Waals surface area contributed by atoms with Crippen molar-refractivity contribution in [1.82, 2.24) is 9.97 Å². The number of rotatable bonds is 5. The predicted octanol–water partition coefficient (Wildman–Crippen LogP) is 4.93. The van der Waals surface area contributed by atoms with Crippen LogP contribution in [0, 0.1) is 11.7 Å². The van der Waals surface area contributed by atoms with E-state index < -0.39 is 11.8 Å². The van der Waals surface area contributed by atoms with Crippen LogP contribution in [0.15, 0.2) is 41.1 Å². The van der Waals surface area contributed by atoms with Crippen molar-refractivity contribution >= 4 is 44.3 Å². The van der Waals surface area contributed by atoms with Crippen LogP contribution in [0.1, 0.15) is 20.3 Å². The van der Waals surface area contributed by atoms with E-state index >= 15 is 0 Å². The van der Waals surface area contributed by atoms with Crippen molar-refractivity contribution in [3.05, 3.63) is 46.9 Å². The van der Waals surface area contributed by atoms with E-state index in [4.69, 9.17) is 4.74 Å². The molecule has 0 aliphatic rings. The summed E-state index contributed by atoms with van der Waals surface area (Å²) in [4.78, 5) is 20.2. The summed E-state index contributed by atoms with van der Waals surface area (Å²) in [5.74, 6) is -0.687. The number of phenols is 1. The first-order valence-corrected chi connectivity index (χ1v) is 9.04. The highest BCUT2D eigenvalue weighted by Gasteiger charge is 2.15. The quantitative estimate of drug-likeness (QED) is 0.438. The van der Waals surface area contributed by atoms with E-state index in [9.17, 15) is 14.3 Å². The van der Waals surface area contributed by atoms with Crippen LogP contribution in [0.4, 0.5) is 15.9 Å². The zero-order chi connectivity index (χ0) is 19.6. The number of fused-ring (bicyclic) bond motifs is 1. The highest BCUT2D eigenvalue weighted by molar-refractivity contribution is 9.10. The van der Waals surface area contributed by atoms with Crippen molar-refractivity contribution in [1.29, 1.82) is 0 Å². The van der Waals surface area contributed by atoms with Crippen LogP contribution in [0.25, 0.3) is 10.9 Å². The molecule has 0 unspecified atom stereocenters. The Morgan fingerprint density at radius 2 is 2.11 bits per heavy atom. The van der Waals surface area contributed by atoms with Gasteiger partial charge in [-0.05, 0) is 40.0 Å². The van der Waals surface area contributed by atoms with E-state index in [1.807, 2.05) is 13.8 Å². The molecular weight excluding hydrogens is 417 g/mol. The van der Waals surface area contributed by atoms with Gasteiger partial charge in [0.1, 0.15) is 12.1 Å². The molecule has 27 heavy (non-hydrogen) atoms. The summed E-state index contributed by atoms with van der Waals surface area (Å²) in [6, 6.07) is 7.67. The first-order valence-electron chi connectivity index (χ1n) is 8.24. The van der Waals surface area contributed by atoms with Gasteiger partial charge in [0.25, 0.3) is 0 Å². The molecule has 0 saturated carbocycles. The first kappa shape index (κ1) is 19.0. The third-order valence-corrected chi connectivity index (χ3v) is 4.33. The smallest absolute Gasteiger partial charge is 0.311 e. The van der Waals surface area contributed by atoms with Crippen molar-refractivity contribution in [3.8, 4) is 11.5 Å². The summed E-state index contributed by atoms with van der Waals surface area (Å²) in [7, 11) is 0. The van der Waals surface area contributed by atoms with Gasteiger partial charge in [0, 0.05) is 17.9 Å². The molecule has 0 amide bonds. The van der Waals surface area contributed by atoms with E-state index in [0.29, 0.717) is 21.2 Å². The summed E-state index contributed by atoms with van der Waals surface area (Å²) < 4.78 is 19.8. The molecule has 0 fully saturated rings. The summed E-state index contributed by atoms with van der Waals surface area (Å²) in [5.41, 5.74) is 0.639. The van der Waals surface area contributed by atoms with Crippen LogP contribution in [-0.4, -0.2) is 21.0 Å². The van der Waals surface area contributed by atoms with Gasteiger partial charge in [0.05, 0.1) is 15.7 Å². The maximum Gasteiger partial charge on any atom is 0.311 e. The number of aromatic nitrogens is 2. The van der Waals surface area contributed by atoms with E-state index in [1.54, 1.807) is 18.2 Å². The molecule has 2 aromatic carbocycles. The summed E-state index contributed by atoms with van der Waals surface area (Å²) in [5, 5.41) is 13.5. The zero-order valence-corrected chi connectivity index (χ0v) is 16.2. The zero-order valence-electron chi connectivity index (χ0n) is 14.7. The highest BCUT2D eigenvalue weighted by Crippen LogP contribution is 2.35. The maximum absolute atomic E-state index is 14.3. The number of hydrogen-bond donors (Lipinski definition) is 2. The Hall–Kier alpha value is -2.74. The average molecular weight is 434 g/mol. The molecular formula is C19H17BrFN3O3. The topological polar surface area (TPSA) is 84.3 Å². The summed E-state index contributed by atoms with van der Waals surface area (Å²) >= 11 is 3.14. The lowest BCUT2D eigenvalue weighted by Gasteiger charge is -2.12. The number of nitrogens with one attached hydrogen (secondary N) is 1. The lowest BCUT2D eigenvalue weighted by molar-refractivity contribution is -0.135. The van der Waals surface area contributed by atoms with Crippen molar-refractivity contribution in [2.24, 2.45) is 5.92 Å². The number of aromatic hydroxyl groups is 1. The van der Waals surface area contributed by atoms with Crippen molar-refractivity contribution in [3.63, 3.8) is 0 Å². The molecule has 0 saturated heterocycles. The van der Waals surface area contributed by atoms with Gasteiger partial charge in [-0.3, -0.25) is 4.79 Å². The number of carbonyl (C=O) groups excluding carboxylic acids is 1. The van der Waals surface area contributed by atoms with E-state index in [0.717, 1.165) is 0 Å². The van der Waals surface area contributed by atoms with Gasteiger partial charge >= 0.3 is 5.97 Å². The number of phenolic OH excluding ortho intramolecular Hbond substituents is 1. The minimum atomic E-state index is -0.466. The van der Waals surface area contributed by atoms with Crippen LogP contribution in [0.2, 0.25) is 0 Å². The molecule has 2 N–H and O–H groups in total. The Labute approximate surface area is 163 Å². The van der Waals surface area contributed by atoms with Gasteiger partial charge in [-0.1, -0.05) is 19.9 Å². The van der Waals surface area contributed by atoms with Gasteiger partial charge < -0.3 is 15.2 Å². The molecule has 3 aromatic rings. The second-order valence-corrected chi connectivity index (χ2v) is 7.21. The SMILES string of the molecule is CC(C)CC(=O)Oc1cc2c(Nc3cccc(Br)c3F)ncnc2cc1O. The Kier molecular flexibility index (Phi) is 5.55. The Bertz CT molecular complexity index is 1010. The highest BCUT2D eigenvalue weighted by atomic mass is 79.9. The second kappa shape index (κ2) is 7.87. The van der Waals surface area contributed by atoms with Crippen LogP contribution in [0.3, 0.4) is 0 Å². The number of halogens is 2. The minimum Gasteiger partial charge on any atom is -0.504 e. The van der Waals surface area contributed by atoms with E-state index in [2.05, 4.69) is 31.2 Å². The third kappa shape index (κ3) is 4.33. The van der Waals surface area contributed by atoms with Crippen LogP contribution < -0.4 is 10.1 Å². The largest absolute Gasteiger partial charge is 0.504 e. The first-order chi connectivity index (χ1) is 12.8. The molecule has 0 spiro atoms. The Balaban J connectivity index is 2.00. The molecule has 1 aromatic heterocycles. The van der Waals surface area contributed by atoms with Gasteiger partial charge in [0.2, 0.25) is 0 Å². The molecule has 3 rings (SSSR count). The normalized spacial score (nSPS) is 11.0. The molecule has 0 radical (unpaired) electrons. The number of hydrogen-bond acceptors (Lipinski definition) is 6.